The molecule has 3 aromatic rings. The lowest BCUT2D eigenvalue weighted by molar-refractivity contribution is -0.132. The molecule has 0 aliphatic carbocycles. The summed E-state index contributed by atoms with van der Waals surface area (Å²) in [7, 11) is 1.61. The van der Waals surface area contributed by atoms with Gasteiger partial charge in [-0.2, -0.15) is 4.98 Å². The second-order valence-electron chi connectivity index (χ2n) is 5.63. The van der Waals surface area contributed by atoms with E-state index in [4.69, 9.17) is 44.1 Å². The molecule has 0 bridgehead atoms. The lowest BCUT2D eigenvalue weighted by Crippen LogP contribution is -2.31. The summed E-state index contributed by atoms with van der Waals surface area (Å²) in [5.41, 5.74) is 0.768. The molecule has 1 aromatic heterocycles. The quantitative estimate of drug-likeness (QED) is 0.570. The van der Waals surface area contributed by atoms with Gasteiger partial charge in [0.15, 0.2) is 6.61 Å². The van der Waals surface area contributed by atoms with E-state index in [0.29, 0.717) is 32.5 Å². The van der Waals surface area contributed by atoms with Crippen LogP contribution >= 0.6 is 34.8 Å². The number of carbonyl (C=O) groups is 1. The maximum Gasteiger partial charge on any atom is 0.260 e. The normalized spacial score (nSPS) is 10.7. The van der Waals surface area contributed by atoms with Gasteiger partial charge in [-0.3, -0.25) is 4.79 Å². The Balaban J connectivity index is 1.57. The van der Waals surface area contributed by atoms with Gasteiger partial charge in [-0.15, -0.1) is 0 Å². The van der Waals surface area contributed by atoms with E-state index >= 15 is 0 Å². The topological polar surface area (TPSA) is 68.5 Å². The lowest BCUT2D eigenvalue weighted by atomic mass is 10.2. The van der Waals surface area contributed by atoms with E-state index in [1.807, 2.05) is 0 Å². The van der Waals surface area contributed by atoms with Crippen molar-refractivity contribution in [2.45, 2.75) is 6.54 Å². The Hall–Kier alpha value is -2.28. The van der Waals surface area contributed by atoms with E-state index < -0.39 is 0 Å². The zero-order valence-corrected chi connectivity index (χ0v) is 16.4. The molecule has 1 amide bonds. The van der Waals surface area contributed by atoms with Crippen molar-refractivity contribution in [3.8, 4) is 17.1 Å². The van der Waals surface area contributed by atoms with Gasteiger partial charge in [0.25, 0.3) is 5.91 Å². The second kappa shape index (κ2) is 8.61. The summed E-state index contributed by atoms with van der Waals surface area (Å²) in [6.45, 7) is -0.0346. The SMILES string of the molecule is CN(Cc1nc(-c2ccc(Cl)cc2)no1)C(=O)COc1ccc(Cl)cc1Cl. The van der Waals surface area contributed by atoms with Crippen LogP contribution in [0.25, 0.3) is 11.4 Å². The summed E-state index contributed by atoms with van der Waals surface area (Å²) >= 11 is 17.7. The van der Waals surface area contributed by atoms with Crippen molar-refractivity contribution in [2.75, 3.05) is 13.7 Å². The second-order valence-corrected chi connectivity index (χ2v) is 6.91. The van der Waals surface area contributed by atoms with Crippen molar-refractivity contribution in [3.05, 3.63) is 63.4 Å². The highest BCUT2D eigenvalue weighted by atomic mass is 35.5. The van der Waals surface area contributed by atoms with Gasteiger partial charge in [-0.05, 0) is 42.5 Å². The number of hydrogen-bond acceptors (Lipinski definition) is 5. The van der Waals surface area contributed by atoms with E-state index in [9.17, 15) is 4.79 Å². The van der Waals surface area contributed by atoms with Crippen LogP contribution in [0, 0.1) is 0 Å². The number of aromatic nitrogens is 2. The van der Waals surface area contributed by atoms with Gasteiger partial charge in [-0.1, -0.05) is 40.0 Å². The number of nitrogens with zero attached hydrogens (tertiary/aromatic N) is 3. The van der Waals surface area contributed by atoms with Crippen molar-refractivity contribution in [2.24, 2.45) is 0 Å². The minimum Gasteiger partial charge on any atom is -0.482 e. The van der Waals surface area contributed by atoms with E-state index in [1.165, 1.54) is 4.90 Å². The summed E-state index contributed by atoms with van der Waals surface area (Å²) in [5, 5.41) is 5.36. The van der Waals surface area contributed by atoms with Crippen LogP contribution in [-0.2, 0) is 11.3 Å². The first kappa shape index (κ1) is 19.5. The fourth-order valence-corrected chi connectivity index (χ4v) is 2.76. The largest absolute Gasteiger partial charge is 0.482 e. The Morgan fingerprint density at radius 2 is 1.81 bits per heavy atom. The van der Waals surface area contributed by atoms with E-state index in [0.717, 1.165) is 5.56 Å². The lowest BCUT2D eigenvalue weighted by Gasteiger charge is -2.15. The number of likely N-dealkylation sites (N-methyl/N-ethyl adjacent to an activating group) is 1. The summed E-state index contributed by atoms with van der Waals surface area (Å²) in [6.07, 6.45) is 0. The van der Waals surface area contributed by atoms with Crippen LogP contribution in [-0.4, -0.2) is 34.6 Å². The molecule has 0 saturated carbocycles. The minimum atomic E-state index is -0.271. The highest BCUT2D eigenvalue weighted by molar-refractivity contribution is 6.35. The van der Waals surface area contributed by atoms with Gasteiger partial charge < -0.3 is 14.2 Å². The smallest absolute Gasteiger partial charge is 0.260 e. The van der Waals surface area contributed by atoms with Crippen LogP contribution in [0.15, 0.2) is 47.0 Å². The van der Waals surface area contributed by atoms with Gasteiger partial charge in [-0.25, -0.2) is 0 Å². The van der Waals surface area contributed by atoms with Crippen molar-refractivity contribution >= 4 is 40.7 Å². The molecule has 0 aliphatic heterocycles. The molecule has 6 nitrogen and oxygen atoms in total. The van der Waals surface area contributed by atoms with Crippen molar-refractivity contribution in [1.29, 1.82) is 0 Å². The maximum absolute atomic E-state index is 12.2. The molecule has 3 rings (SSSR count). The molecular formula is C18H14Cl3N3O3. The van der Waals surface area contributed by atoms with Crippen LogP contribution < -0.4 is 4.74 Å². The van der Waals surface area contributed by atoms with Crippen LogP contribution in [0.1, 0.15) is 5.89 Å². The van der Waals surface area contributed by atoms with Crippen molar-refractivity contribution < 1.29 is 14.1 Å². The number of carbonyl (C=O) groups excluding carboxylic acids is 1. The number of hydrogen-bond donors (Lipinski definition) is 0. The molecule has 2 aromatic carbocycles. The average molecular weight is 427 g/mol. The summed E-state index contributed by atoms with van der Waals surface area (Å²) < 4.78 is 10.6. The van der Waals surface area contributed by atoms with Crippen LogP contribution in [0.3, 0.4) is 0 Å². The Bertz CT molecular complexity index is 945. The Labute approximate surface area is 170 Å². The molecule has 0 unspecified atom stereocenters. The first-order valence-corrected chi connectivity index (χ1v) is 8.96. The molecule has 1 heterocycles. The number of amides is 1. The predicted octanol–water partition coefficient (Wildman–Crippen LogP) is 4.73. The van der Waals surface area contributed by atoms with E-state index in [-0.39, 0.29) is 19.1 Å². The minimum absolute atomic E-state index is 0.150. The van der Waals surface area contributed by atoms with Gasteiger partial charge in [0.1, 0.15) is 5.75 Å². The fraction of sp³-hybridized carbons (Fsp3) is 0.167. The van der Waals surface area contributed by atoms with Gasteiger partial charge in [0, 0.05) is 22.7 Å². The Morgan fingerprint density at radius 1 is 1.11 bits per heavy atom. The van der Waals surface area contributed by atoms with Crippen molar-refractivity contribution in [1.82, 2.24) is 15.0 Å². The first-order chi connectivity index (χ1) is 12.9. The predicted molar refractivity (Wildman–Crippen MR) is 103 cm³/mol. The highest BCUT2D eigenvalue weighted by Gasteiger charge is 2.16. The number of halogens is 3. The van der Waals surface area contributed by atoms with E-state index in [2.05, 4.69) is 10.1 Å². The molecule has 0 saturated heterocycles. The zero-order chi connectivity index (χ0) is 19.4. The molecule has 9 heteroatoms. The summed E-state index contributed by atoms with van der Waals surface area (Å²) in [5.74, 6) is 0.838. The van der Waals surface area contributed by atoms with Crippen LogP contribution in [0.5, 0.6) is 5.75 Å². The number of benzene rings is 2. The number of rotatable bonds is 6. The monoisotopic (exact) mass is 425 g/mol. The molecule has 27 heavy (non-hydrogen) atoms. The molecule has 0 radical (unpaired) electrons. The summed E-state index contributed by atoms with van der Waals surface area (Å²) in [4.78, 5) is 17.9. The molecule has 140 valence electrons. The third-order valence-corrected chi connectivity index (χ3v) is 4.40. The van der Waals surface area contributed by atoms with E-state index in [1.54, 1.807) is 49.5 Å². The van der Waals surface area contributed by atoms with Gasteiger partial charge in [0.05, 0.1) is 11.6 Å². The Morgan fingerprint density at radius 3 is 2.52 bits per heavy atom. The number of ether oxygens (including phenoxy) is 1. The molecule has 0 fully saturated rings. The molecule has 0 aliphatic rings. The van der Waals surface area contributed by atoms with Crippen LogP contribution in [0.2, 0.25) is 15.1 Å². The third kappa shape index (κ3) is 5.13. The Kier molecular flexibility index (Phi) is 6.21. The standard InChI is InChI=1S/C18H14Cl3N3O3/c1-24(17(25)10-26-15-7-6-13(20)8-14(15)21)9-16-22-18(23-27-16)11-2-4-12(19)5-3-11/h2-8H,9-10H2,1H3. The molecule has 0 N–H and O–H groups in total. The highest BCUT2D eigenvalue weighted by Crippen LogP contribution is 2.27. The average Bonchev–Trinajstić information content (AvgIpc) is 3.09. The zero-order valence-electron chi connectivity index (χ0n) is 14.2. The fourth-order valence-electron chi connectivity index (χ4n) is 2.17. The summed E-state index contributed by atoms with van der Waals surface area (Å²) in [6, 6.07) is 11.8. The maximum atomic E-state index is 12.2. The first-order valence-electron chi connectivity index (χ1n) is 7.82. The molecule has 0 atom stereocenters. The third-order valence-electron chi connectivity index (χ3n) is 3.61. The molecule has 0 spiro atoms. The van der Waals surface area contributed by atoms with Gasteiger partial charge >= 0.3 is 0 Å². The van der Waals surface area contributed by atoms with Crippen molar-refractivity contribution in [3.63, 3.8) is 0 Å². The van der Waals surface area contributed by atoms with Gasteiger partial charge in [0.2, 0.25) is 11.7 Å². The van der Waals surface area contributed by atoms with Crippen LogP contribution in [0.4, 0.5) is 0 Å². The molecular weight excluding hydrogens is 413 g/mol.